The lowest BCUT2D eigenvalue weighted by Crippen LogP contribution is -2.38. The second-order valence-electron chi connectivity index (χ2n) is 9.24. The molecule has 1 fully saturated rings. The molecule has 0 bridgehead atoms. The minimum absolute atomic E-state index is 0.0112. The molecule has 1 aromatic carbocycles. The standard InChI is InChI=1S/C23H33N5O/c1-15(2)22-26-19(23(3,4)5)14-20(27-22)25-17-6-8-18(9-7-17)28-12-10-16(11-13-28)21(24)29/h6-9,14-16H,10-13H2,1-5H3,(H2,24,29)(H,25,26,27). The quantitative estimate of drug-likeness (QED) is 0.786. The van der Waals surface area contributed by atoms with Gasteiger partial charge in [-0.25, -0.2) is 9.97 Å². The molecule has 2 aromatic rings. The van der Waals surface area contributed by atoms with E-state index in [1.165, 1.54) is 5.69 Å². The van der Waals surface area contributed by atoms with Crippen LogP contribution in [0.2, 0.25) is 0 Å². The average molecular weight is 396 g/mol. The molecule has 6 nitrogen and oxygen atoms in total. The topological polar surface area (TPSA) is 84.1 Å². The SMILES string of the molecule is CC(C)c1nc(Nc2ccc(N3CCC(C(N)=O)CC3)cc2)cc(C(C)(C)C)n1. The summed E-state index contributed by atoms with van der Waals surface area (Å²) < 4.78 is 0. The van der Waals surface area contributed by atoms with Gasteiger partial charge in [0.05, 0.1) is 5.69 Å². The minimum atomic E-state index is -0.176. The number of primary amides is 1. The van der Waals surface area contributed by atoms with Crippen LogP contribution in [0.15, 0.2) is 30.3 Å². The van der Waals surface area contributed by atoms with Crippen molar-refractivity contribution in [3.63, 3.8) is 0 Å². The zero-order valence-corrected chi connectivity index (χ0v) is 18.2. The normalized spacial score (nSPS) is 15.6. The average Bonchev–Trinajstić information content (AvgIpc) is 2.67. The summed E-state index contributed by atoms with van der Waals surface area (Å²) >= 11 is 0. The molecule has 0 aliphatic carbocycles. The predicted molar refractivity (Wildman–Crippen MR) is 119 cm³/mol. The van der Waals surface area contributed by atoms with E-state index in [-0.39, 0.29) is 23.2 Å². The molecular weight excluding hydrogens is 362 g/mol. The number of nitrogens with one attached hydrogen (secondary N) is 1. The van der Waals surface area contributed by atoms with Crippen molar-refractivity contribution >= 4 is 23.1 Å². The summed E-state index contributed by atoms with van der Waals surface area (Å²) in [6.07, 6.45) is 1.65. The van der Waals surface area contributed by atoms with E-state index in [2.05, 4.69) is 69.1 Å². The van der Waals surface area contributed by atoms with Gasteiger partial charge in [0.25, 0.3) is 0 Å². The van der Waals surface area contributed by atoms with Crippen molar-refractivity contribution in [2.45, 2.75) is 58.8 Å². The largest absolute Gasteiger partial charge is 0.371 e. The summed E-state index contributed by atoms with van der Waals surface area (Å²) in [7, 11) is 0. The Labute approximate surface area is 173 Å². The van der Waals surface area contributed by atoms with Gasteiger partial charge in [-0.15, -0.1) is 0 Å². The third-order valence-electron chi connectivity index (χ3n) is 5.43. The highest BCUT2D eigenvalue weighted by Gasteiger charge is 2.23. The molecule has 0 saturated carbocycles. The number of rotatable bonds is 5. The van der Waals surface area contributed by atoms with Crippen LogP contribution in [0.3, 0.4) is 0 Å². The van der Waals surface area contributed by atoms with Gasteiger partial charge in [-0.1, -0.05) is 34.6 Å². The lowest BCUT2D eigenvalue weighted by molar-refractivity contribution is -0.122. The summed E-state index contributed by atoms with van der Waals surface area (Å²) in [6, 6.07) is 10.4. The Morgan fingerprint density at radius 3 is 2.28 bits per heavy atom. The zero-order valence-electron chi connectivity index (χ0n) is 18.2. The van der Waals surface area contributed by atoms with Gasteiger partial charge in [-0.3, -0.25) is 4.79 Å². The van der Waals surface area contributed by atoms with Crippen LogP contribution in [0.4, 0.5) is 17.2 Å². The number of piperidine rings is 1. The maximum Gasteiger partial charge on any atom is 0.220 e. The van der Waals surface area contributed by atoms with Crippen LogP contribution in [0.25, 0.3) is 0 Å². The van der Waals surface area contributed by atoms with Crippen LogP contribution >= 0.6 is 0 Å². The van der Waals surface area contributed by atoms with Gasteiger partial charge in [0.2, 0.25) is 5.91 Å². The molecule has 1 saturated heterocycles. The molecule has 1 aliphatic heterocycles. The van der Waals surface area contributed by atoms with E-state index in [9.17, 15) is 4.79 Å². The van der Waals surface area contributed by atoms with Crippen molar-refractivity contribution in [1.29, 1.82) is 0 Å². The molecule has 0 atom stereocenters. The molecule has 1 amide bonds. The van der Waals surface area contributed by atoms with Gasteiger partial charge >= 0.3 is 0 Å². The number of amides is 1. The van der Waals surface area contributed by atoms with Crippen molar-refractivity contribution in [2.24, 2.45) is 11.7 Å². The lowest BCUT2D eigenvalue weighted by atomic mass is 9.91. The number of benzene rings is 1. The molecule has 156 valence electrons. The number of hydrogen-bond acceptors (Lipinski definition) is 5. The molecule has 29 heavy (non-hydrogen) atoms. The Hall–Kier alpha value is -2.63. The van der Waals surface area contributed by atoms with Crippen LogP contribution in [-0.4, -0.2) is 29.0 Å². The van der Waals surface area contributed by atoms with E-state index in [0.29, 0.717) is 0 Å². The van der Waals surface area contributed by atoms with Crippen LogP contribution in [0.1, 0.15) is 64.9 Å². The smallest absolute Gasteiger partial charge is 0.220 e. The Morgan fingerprint density at radius 2 is 1.76 bits per heavy atom. The molecule has 3 N–H and O–H groups in total. The van der Waals surface area contributed by atoms with Gasteiger partial charge in [-0.05, 0) is 37.1 Å². The van der Waals surface area contributed by atoms with E-state index in [0.717, 1.165) is 49.0 Å². The Balaban J connectivity index is 1.73. The molecule has 0 unspecified atom stereocenters. The van der Waals surface area contributed by atoms with Crippen molar-refractivity contribution < 1.29 is 4.79 Å². The maximum absolute atomic E-state index is 11.4. The zero-order chi connectivity index (χ0) is 21.2. The third-order valence-corrected chi connectivity index (χ3v) is 5.43. The van der Waals surface area contributed by atoms with Crippen molar-refractivity contribution in [2.75, 3.05) is 23.3 Å². The summed E-state index contributed by atoms with van der Waals surface area (Å²) in [4.78, 5) is 23.1. The fraction of sp³-hybridized carbons (Fsp3) is 0.522. The maximum atomic E-state index is 11.4. The number of carbonyl (C=O) groups excluding carboxylic acids is 1. The number of carbonyl (C=O) groups is 1. The molecular formula is C23H33N5O. The van der Waals surface area contributed by atoms with Gasteiger partial charge in [0.15, 0.2) is 0 Å². The highest BCUT2D eigenvalue weighted by molar-refractivity contribution is 5.77. The number of hydrogen-bond donors (Lipinski definition) is 2. The summed E-state index contributed by atoms with van der Waals surface area (Å²) in [5, 5.41) is 3.43. The van der Waals surface area contributed by atoms with E-state index in [1.54, 1.807) is 0 Å². The highest BCUT2D eigenvalue weighted by Crippen LogP contribution is 2.28. The molecule has 3 rings (SSSR count). The van der Waals surface area contributed by atoms with Crippen LogP contribution < -0.4 is 16.0 Å². The van der Waals surface area contributed by atoms with E-state index in [1.807, 2.05) is 6.07 Å². The predicted octanol–water partition coefficient (Wildman–Crippen LogP) is 4.34. The number of nitrogens with two attached hydrogens (primary N) is 1. The fourth-order valence-electron chi connectivity index (χ4n) is 3.50. The summed E-state index contributed by atoms with van der Waals surface area (Å²) in [5.41, 5.74) is 8.59. The Bertz CT molecular complexity index is 847. The lowest BCUT2D eigenvalue weighted by Gasteiger charge is -2.32. The van der Waals surface area contributed by atoms with E-state index < -0.39 is 0 Å². The minimum Gasteiger partial charge on any atom is -0.371 e. The fourth-order valence-corrected chi connectivity index (χ4v) is 3.50. The van der Waals surface area contributed by atoms with Crippen molar-refractivity contribution in [3.05, 3.63) is 41.9 Å². The molecule has 0 radical (unpaired) electrons. The second-order valence-corrected chi connectivity index (χ2v) is 9.24. The number of nitrogens with zero attached hydrogens (tertiary/aromatic N) is 3. The van der Waals surface area contributed by atoms with Crippen LogP contribution in [0.5, 0.6) is 0 Å². The second kappa shape index (κ2) is 8.39. The summed E-state index contributed by atoms with van der Waals surface area (Å²) in [6.45, 7) is 12.4. The Kier molecular flexibility index (Phi) is 6.10. The van der Waals surface area contributed by atoms with Crippen molar-refractivity contribution in [3.8, 4) is 0 Å². The molecule has 2 heterocycles. The molecule has 6 heteroatoms. The van der Waals surface area contributed by atoms with E-state index >= 15 is 0 Å². The first-order valence-corrected chi connectivity index (χ1v) is 10.4. The van der Waals surface area contributed by atoms with Crippen LogP contribution in [-0.2, 0) is 10.2 Å². The molecule has 1 aromatic heterocycles. The van der Waals surface area contributed by atoms with Gasteiger partial charge < -0.3 is 16.0 Å². The third kappa shape index (κ3) is 5.25. The van der Waals surface area contributed by atoms with Gasteiger partial charge in [-0.2, -0.15) is 0 Å². The first-order chi connectivity index (χ1) is 13.6. The van der Waals surface area contributed by atoms with E-state index in [4.69, 9.17) is 15.7 Å². The number of aromatic nitrogens is 2. The van der Waals surface area contributed by atoms with Crippen molar-refractivity contribution in [1.82, 2.24) is 9.97 Å². The first kappa shape index (κ1) is 21.1. The Morgan fingerprint density at radius 1 is 1.14 bits per heavy atom. The highest BCUT2D eigenvalue weighted by atomic mass is 16.1. The monoisotopic (exact) mass is 395 g/mol. The van der Waals surface area contributed by atoms with Crippen LogP contribution in [0, 0.1) is 5.92 Å². The molecule has 0 spiro atoms. The molecule has 1 aliphatic rings. The number of anilines is 3. The first-order valence-electron chi connectivity index (χ1n) is 10.4. The van der Waals surface area contributed by atoms with Gasteiger partial charge in [0, 0.05) is 47.8 Å². The summed E-state index contributed by atoms with van der Waals surface area (Å²) in [5.74, 6) is 1.78. The van der Waals surface area contributed by atoms with Gasteiger partial charge in [0.1, 0.15) is 11.6 Å².